The van der Waals surface area contributed by atoms with Crippen molar-refractivity contribution in [3.8, 4) is 23.3 Å². The van der Waals surface area contributed by atoms with E-state index in [9.17, 15) is 0 Å². The summed E-state index contributed by atoms with van der Waals surface area (Å²) in [5.41, 5.74) is 1.32. The van der Waals surface area contributed by atoms with Gasteiger partial charge in [-0.25, -0.2) is 0 Å². The summed E-state index contributed by atoms with van der Waals surface area (Å²) in [6, 6.07) is 6.20. The first-order chi connectivity index (χ1) is 14.9. The normalized spacial score (nSPS) is 8.10. The maximum Gasteiger partial charge on any atom is 0 e. The number of hydrogen-bond acceptors (Lipinski definition) is 3. The van der Waals surface area contributed by atoms with Gasteiger partial charge in [0.2, 0.25) is 13.4 Å². The Hall–Kier alpha value is -2.43. The third-order valence-corrected chi connectivity index (χ3v) is 3.20. The minimum atomic E-state index is 0. The van der Waals surface area contributed by atoms with E-state index in [1.165, 1.54) is 24.8 Å². The Labute approximate surface area is 194 Å². The van der Waals surface area contributed by atoms with Crippen LogP contribution in [0.4, 0.5) is 0 Å². The Bertz CT molecular complexity index is 646. The van der Waals surface area contributed by atoms with Crippen LogP contribution in [0.5, 0.6) is 11.5 Å². The second-order valence-electron chi connectivity index (χ2n) is 4.71. The number of methoxy groups -OCH3 is 1. The van der Waals surface area contributed by atoms with Crippen molar-refractivity contribution in [2.45, 2.75) is 38.5 Å². The summed E-state index contributed by atoms with van der Waals surface area (Å²) >= 11 is 0. The van der Waals surface area contributed by atoms with Crippen LogP contribution in [-0.4, -0.2) is 13.9 Å². The topological polar surface area (TPSA) is 127 Å². The van der Waals surface area contributed by atoms with Gasteiger partial charge >= 0.3 is 56.5 Å². The molecule has 0 aliphatic carbocycles. The molecule has 1 heterocycles. The van der Waals surface area contributed by atoms with Crippen LogP contribution < -0.4 is 9.47 Å². The molecule has 1 aliphatic rings. The van der Waals surface area contributed by atoms with Gasteiger partial charge < -0.3 is 14.2 Å². The SMILES string of the molecule is CO[C]C#CCCCCCCc1ccc2c(c1)OCO2.[C-]#[O+].[C-]#[O+].[C-]#[O+].[C-]#[O+].[C-]#[O+].[Cr]. The summed E-state index contributed by atoms with van der Waals surface area (Å²) in [4.78, 5) is 0. The van der Waals surface area contributed by atoms with Crippen molar-refractivity contribution < 1.29 is 54.8 Å². The summed E-state index contributed by atoms with van der Waals surface area (Å²) in [7, 11) is 1.56. The molecule has 0 N–H and O–H groups in total. The Balaban J connectivity index is -0.000000180. The molecule has 2 rings (SSSR count). The maximum atomic E-state index is 7.50. The van der Waals surface area contributed by atoms with Gasteiger partial charge in [0.15, 0.2) is 11.5 Å². The molecule has 0 saturated carbocycles. The van der Waals surface area contributed by atoms with E-state index in [4.69, 9.17) is 32.7 Å². The Morgan fingerprint density at radius 3 is 1.97 bits per heavy atom. The van der Waals surface area contributed by atoms with E-state index in [0.29, 0.717) is 6.79 Å². The molecule has 0 fully saturated rings. The summed E-state index contributed by atoms with van der Waals surface area (Å²) in [5, 5.41) is 0. The number of benzene rings is 1. The first-order valence-corrected chi connectivity index (χ1v) is 8.06. The average molecular weight is 464 g/mol. The molecule has 1 aromatic rings. The van der Waals surface area contributed by atoms with Crippen molar-refractivity contribution >= 4 is 0 Å². The van der Waals surface area contributed by atoms with Crippen LogP contribution in [0.2, 0.25) is 0 Å². The molecule has 8 nitrogen and oxygen atoms in total. The number of hydrogen-bond donors (Lipinski definition) is 0. The van der Waals surface area contributed by atoms with E-state index in [0.717, 1.165) is 30.8 Å². The molecule has 0 spiro atoms. The monoisotopic (exact) mass is 464 g/mol. The van der Waals surface area contributed by atoms with Crippen molar-refractivity contribution in [1.82, 2.24) is 0 Å². The predicted molar refractivity (Wildman–Crippen MR) is 97.0 cm³/mol. The second-order valence-corrected chi connectivity index (χ2v) is 4.71. The zero-order chi connectivity index (χ0) is 24.0. The van der Waals surface area contributed by atoms with Crippen LogP contribution in [0.25, 0.3) is 0 Å². The van der Waals surface area contributed by atoms with Crippen molar-refractivity contribution in [3.05, 3.63) is 63.6 Å². The third-order valence-electron chi connectivity index (χ3n) is 3.20. The maximum absolute atomic E-state index is 7.50. The molecule has 162 valence electrons. The first-order valence-electron chi connectivity index (χ1n) is 8.06. The van der Waals surface area contributed by atoms with Crippen LogP contribution >= 0.6 is 0 Å². The predicted octanol–water partition coefficient (Wildman–Crippen LogP) is 3.41. The molecule has 31 heavy (non-hydrogen) atoms. The molecule has 2 radical (unpaired) electrons. The van der Waals surface area contributed by atoms with Gasteiger partial charge in [-0.1, -0.05) is 30.7 Å². The number of rotatable bonds is 7. The van der Waals surface area contributed by atoms with Crippen LogP contribution in [-0.2, 0) is 51.8 Å². The fourth-order valence-electron chi connectivity index (χ4n) is 2.14. The van der Waals surface area contributed by atoms with Crippen LogP contribution in [0.3, 0.4) is 0 Å². The van der Waals surface area contributed by atoms with E-state index in [1.54, 1.807) is 7.11 Å². The quantitative estimate of drug-likeness (QED) is 0.265. The molecule has 0 aromatic heterocycles. The fourth-order valence-corrected chi connectivity index (χ4v) is 2.14. The summed E-state index contributed by atoms with van der Waals surface area (Å²) in [6.07, 6.45) is 6.79. The van der Waals surface area contributed by atoms with Crippen molar-refractivity contribution in [2.75, 3.05) is 13.9 Å². The standard InChI is InChI=1S/C17H20O3.5CO.Cr/c1-18-12-8-6-4-2-3-5-7-9-15-10-11-16-17(13-15)20-14-19-16;5*1-2;/h10-11,13H,2-5,7,9,14H2,1H3;;;;;;. The minimum absolute atomic E-state index is 0. The van der Waals surface area contributed by atoms with E-state index in [-0.39, 0.29) is 17.4 Å². The molecule has 0 unspecified atom stereocenters. The van der Waals surface area contributed by atoms with Crippen LogP contribution in [0, 0.1) is 51.7 Å². The Kier molecular flexibility index (Phi) is 48.2. The largest absolute Gasteiger partial charge is 0 e. The minimum Gasteiger partial charge on any atom is 0 e. The molecule has 9 heteroatoms. The number of unbranched alkanes of at least 4 members (excludes halogenated alkanes) is 4. The molecule has 0 bridgehead atoms. The van der Waals surface area contributed by atoms with Crippen molar-refractivity contribution in [1.29, 1.82) is 0 Å². The molecular weight excluding hydrogens is 444 g/mol. The van der Waals surface area contributed by atoms with Gasteiger partial charge in [-0.05, 0) is 37.0 Å². The molecule has 0 saturated heterocycles. The molecule has 0 atom stereocenters. The molecule has 1 aromatic carbocycles. The van der Waals surface area contributed by atoms with Crippen molar-refractivity contribution in [3.63, 3.8) is 0 Å². The molecule has 1 aliphatic heterocycles. The number of fused-ring (bicyclic) bond motifs is 1. The second kappa shape index (κ2) is 38.2. The molecule has 0 amide bonds. The van der Waals surface area contributed by atoms with Gasteiger partial charge in [0.1, 0.15) is 0 Å². The zero-order valence-corrected chi connectivity index (χ0v) is 18.1. The number of aryl methyl sites for hydroxylation is 1. The average Bonchev–Trinajstić information content (AvgIpc) is 3.32. The van der Waals surface area contributed by atoms with E-state index >= 15 is 0 Å². The third kappa shape index (κ3) is 23.7. The summed E-state index contributed by atoms with van der Waals surface area (Å²) in [5.74, 6) is 7.47. The van der Waals surface area contributed by atoms with Gasteiger partial charge in [0.05, 0.1) is 0 Å². The number of ether oxygens (including phenoxy) is 3. The first kappa shape index (κ1) is 39.1. The summed E-state index contributed by atoms with van der Waals surface area (Å²) < 4.78 is 52.8. The molecular formula is C22H20CrO8. The Morgan fingerprint density at radius 1 is 0.839 bits per heavy atom. The van der Waals surface area contributed by atoms with E-state index < -0.39 is 0 Å². The van der Waals surface area contributed by atoms with Gasteiger partial charge in [-0.2, -0.15) is 0 Å². The van der Waals surface area contributed by atoms with Crippen LogP contribution in [0.15, 0.2) is 18.2 Å². The Morgan fingerprint density at radius 2 is 1.39 bits per heavy atom. The van der Waals surface area contributed by atoms with E-state index in [1.807, 2.05) is 6.07 Å². The van der Waals surface area contributed by atoms with Gasteiger partial charge in [0.25, 0.3) is 0 Å². The van der Waals surface area contributed by atoms with Crippen molar-refractivity contribution in [2.24, 2.45) is 0 Å². The van der Waals surface area contributed by atoms with Crippen LogP contribution in [0.1, 0.15) is 37.7 Å². The van der Waals surface area contributed by atoms with E-state index in [2.05, 4.69) is 68.6 Å². The smallest absolute Gasteiger partial charge is 0 e. The van der Waals surface area contributed by atoms with Gasteiger partial charge in [0, 0.05) is 30.9 Å². The van der Waals surface area contributed by atoms with Gasteiger partial charge in [-0.15, -0.1) is 0 Å². The van der Waals surface area contributed by atoms with Gasteiger partial charge in [-0.3, -0.25) is 0 Å². The fraction of sp³-hybridized carbons (Fsp3) is 0.364. The summed E-state index contributed by atoms with van der Waals surface area (Å²) in [6.45, 7) is 25.4. The zero-order valence-electron chi connectivity index (χ0n) is 16.9.